The van der Waals surface area contributed by atoms with Crippen molar-refractivity contribution in [1.29, 1.82) is 0 Å². The highest BCUT2D eigenvalue weighted by Crippen LogP contribution is 2.23. The number of aromatic nitrogens is 3. The van der Waals surface area contributed by atoms with Gasteiger partial charge in [0.2, 0.25) is 5.91 Å². The zero-order valence-corrected chi connectivity index (χ0v) is 20.6. The summed E-state index contributed by atoms with van der Waals surface area (Å²) in [7, 11) is 0. The monoisotopic (exact) mass is 479 g/mol. The van der Waals surface area contributed by atoms with Crippen LogP contribution in [-0.2, 0) is 11.3 Å². The molecule has 7 heteroatoms. The number of carbonyl (C=O) groups is 2. The van der Waals surface area contributed by atoms with Gasteiger partial charge in [-0.2, -0.15) is 5.10 Å². The standard InChI is InChI=1S/C29H29N5O2/c1-29(2,3)32-28(36)24-13-7-8-14-25(24)31-26(35)16-15-23-20-34(19-21-10-5-4-6-11-21)33-27(23)22-12-9-17-30-18-22/h4-18,20H,19H2,1-3H3,(H,31,35)(H,32,36)/b16-15+. The van der Waals surface area contributed by atoms with Crippen molar-refractivity contribution < 1.29 is 9.59 Å². The summed E-state index contributed by atoms with van der Waals surface area (Å²) in [5.74, 6) is -0.595. The van der Waals surface area contributed by atoms with E-state index >= 15 is 0 Å². The Morgan fingerprint density at radius 1 is 0.972 bits per heavy atom. The van der Waals surface area contributed by atoms with E-state index in [1.807, 2.05) is 74.1 Å². The first-order valence-corrected chi connectivity index (χ1v) is 11.7. The molecule has 0 aliphatic carbocycles. The van der Waals surface area contributed by atoms with Crippen LogP contribution in [0.1, 0.15) is 42.3 Å². The molecule has 2 N–H and O–H groups in total. The SMILES string of the molecule is CC(C)(C)NC(=O)c1ccccc1NC(=O)/C=C/c1cn(Cc2ccccc2)nc1-c1cccnc1. The number of carbonyl (C=O) groups excluding carboxylic acids is 2. The van der Waals surface area contributed by atoms with E-state index in [1.165, 1.54) is 6.08 Å². The van der Waals surface area contributed by atoms with Crippen LogP contribution in [0.3, 0.4) is 0 Å². The number of hydrogen-bond acceptors (Lipinski definition) is 4. The highest BCUT2D eigenvalue weighted by atomic mass is 16.2. The summed E-state index contributed by atoms with van der Waals surface area (Å²) < 4.78 is 1.85. The molecule has 36 heavy (non-hydrogen) atoms. The molecule has 0 aliphatic heterocycles. The van der Waals surface area contributed by atoms with E-state index < -0.39 is 5.54 Å². The van der Waals surface area contributed by atoms with E-state index in [0.717, 1.165) is 22.4 Å². The highest BCUT2D eigenvalue weighted by Gasteiger charge is 2.18. The first kappa shape index (κ1) is 24.6. The molecular weight excluding hydrogens is 450 g/mol. The van der Waals surface area contributed by atoms with Gasteiger partial charge < -0.3 is 10.6 Å². The van der Waals surface area contributed by atoms with Crippen molar-refractivity contribution in [2.24, 2.45) is 0 Å². The minimum atomic E-state index is -0.392. The molecule has 0 unspecified atom stereocenters. The van der Waals surface area contributed by atoms with Crippen LogP contribution >= 0.6 is 0 Å². The third-order valence-electron chi connectivity index (χ3n) is 5.24. The Morgan fingerprint density at radius 2 is 1.72 bits per heavy atom. The normalized spacial score (nSPS) is 11.4. The molecule has 4 rings (SSSR count). The summed E-state index contributed by atoms with van der Waals surface area (Å²) in [5, 5.41) is 10.5. The Bertz CT molecular complexity index is 1370. The Hall–Kier alpha value is -4.52. The average molecular weight is 480 g/mol. The maximum atomic E-state index is 12.8. The molecular formula is C29H29N5O2. The van der Waals surface area contributed by atoms with E-state index in [1.54, 1.807) is 42.7 Å². The van der Waals surface area contributed by atoms with Crippen LogP contribution in [0, 0.1) is 0 Å². The van der Waals surface area contributed by atoms with Gasteiger partial charge in [-0.1, -0.05) is 42.5 Å². The fourth-order valence-corrected chi connectivity index (χ4v) is 3.68. The van der Waals surface area contributed by atoms with Crippen molar-refractivity contribution in [3.8, 4) is 11.3 Å². The Labute approximate surface area is 210 Å². The van der Waals surface area contributed by atoms with Crippen molar-refractivity contribution in [2.45, 2.75) is 32.9 Å². The molecule has 2 aromatic heterocycles. The van der Waals surface area contributed by atoms with Gasteiger partial charge in [0.1, 0.15) is 5.69 Å². The minimum Gasteiger partial charge on any atom is -0.347 e. The molecule has 0 bridgehead atoms. The van der Waals surface area contributed by atoms with Crippen LogP contribution in [0.4, 0.5) is 5.69 Å². The van der Waals surface area contributed by atoms with Crippen molar-refractivity contribution in [1.82, 2.24) is 20.1 Å². The Balaban J connectivity index is 1.56. The maximum absolute atomic E-state index is 12.8. The number of nitrogens with one attached hydrogen (secondary N) is 2. The lowest BCUT2D eigenvalue weighted by Gasteiger charge is -2.21. The molecule has 4 aromatic rings. The number of benzene rings is 2. The third kappa shape index (κ3) is 6.54. The summed E-state index contributed by atoms with van der Waals surface area (Å²) in [6.07, 6.45) is 8.54. The summed E-state index contributed by atoms with van der Waals surface area (Å²) in [5.41, 5.74) is 3.95. The van der Waals surface area contributed by atoms with Gasteiger partial charge in [0.15, 0.2) is 0 Å². The maximum Gasteiger partial charge on any atom is 0.253 e. The Morgan fingerprint density at radius 3 is 2.44 bits per heavy atom. The fourth-order valence-electron chi connectivity index (χ4n) is 3.68. The molecule has 7 nitrogen and oxygen atoms in total. The summed E-state index contributed by atoms with van der Waals surface area (Å²) in [6.45, 7) is 6.33. The topological polar surface area (TPSA) is 88.9 Å². The lowest BCUT2D eigenvalue weighted by atomic mass is 10.1. The Kier molecular flexibility index (Phi) is 7.39. The van der Waals surface area contributed by atoms with Gasteiger partial charge in [-0.05, 0) is 56.7 Å². The molecule has 2 aromatic carbocycles. The van der Waals surface area contributed by atoms with Gasteiger partial charge in [0.05, 0.1) is 17.8 Å². The quantitative estimate of drug-likeness (QED) is 0.358. The second kappa shape index (κ2) is 10.8. The van der Waals surface area contributed by atoms with Gasteiger partial charge in [-0.3, -0.25) is 19.3 Å². The molecule has 2 heterocycles. The zero-order valence-electron chi connectivity index (χ0n) is 20.6. The van der Waals surface area contributed by atoms with Gasteiger partial charge in [0, 0.05) is 41.3 Å². The van der Waals surface area contributed by atoms with Crippen LogP contribution in [0.5, 0.6) is 0 Å². The fraction of sp³-hybridized carbons (Fsp3) is 0.172. The van der Waals surface area contributed by atoms with Gasteiger partial charge in [-0.15, -0.1) is 0 Å². The first-order chi connectivity index (χ1) is 17.3. The van der Waals surface area contributed by atoms with Gasteiger partial charge >= 0.3 is 0 Å². The van der Waals surface area contributed by atoms with Crippen molar-refractivity contribution >= 4 is 23.6 Å². The lowest BCUT2D eigenvalue weighted by Crippen LogP contribution is -2.40. The molecule has 0 saturated heterocycles. The minimum absolute atomic E-state index is 0.247. The highest BCUT2D eigenvalue weighted by molar-refractivity contribution is 6.08. The molecule has 0 radical (unpaired) electrons. The number of rotatable bonds is 7. The smallest absolute Gasteiger partial charge is 0.253 e. The van der Waals surface area contributed by atoms with Gasteiger partial charge in [0.25, 0.3) is 5.91 Å². The predicted octanol–water partition coefficient (Wildman–Crippen LogP) is 5.17. The number of pyridine rings is 1. The molecule has 0 fully saturated rings. The van der Waals surface area contributed by atoms with E-state index in [9.17, 15) is 9.59 Å². The van der Waals surface area contributed by atoms with Gasteiger partial charge in [-0.25, -0.2) is 0 Å². The first-order valence-electron chi connectivity index (χ1n) is 11.7. The molecule has 2 amide bonds. The van der Waals surface area contributed by atoms with Crippen LogP contribution in [-0.4, -0.2) is 32.1 Å². The molecule has 182 valence electrons. The number of nitrogens with zero attached hydrogens (tertiary/aromatic N) is 3. The lowest BCUT2D eigenvalue weighted by molar-refractivity contribution is -0.111. The van der Waals surface area contributed by atoms with E-state index in [0.29, 0.717) is 17.8 Å². The van der Waals surface area contributed by atoms with Crippen LogP contribution in [0.25, 0.3) is 17.3 Å². The van der Waals surface area contributed by atoms with Crippen LogP contribution in [0.15, 0.2) is 91.4 Å². The predicted molar refractivity (Wildman–Crippen MR) is 142 cm³/mol. The third-order valence-corrected chi connectivity index (χ3v) is 5.24. The summed E-state index contributed by atoms with van der Waals surface area (Å²) in [4.78, 5) is 29.7. The molecule has 0 saturated carbocycles. The summed E-state index contributed by atoms with van der Waals surface area (Å²) >= 11 is 0. The van der Waals surface area contributed by atoms with Crippen molar-refractivity contribution in [3.05, 3.63) is 108 Å². The second-order valence-electron chi connectivity index (χ2n) is 9.43. The average Bonchev–Trinajstić information content (AvgIpc) is 3.25. The zero-order chi connectivity index (χ0) is 25.5. The van der Waals surface area contributed by atoms with E-state index in [2.05, 4.69) is 15.6 Å². The molecule has 0 atom stereocenters. The van der Waals surface area contributed by atoms with Crippen molar-refractivity contribution in [2.75, 3.05) is 5.32 Å². The second-order valence-corrected chi connectivity index (χ2v) is 9.43. The van der Waals surface area contributed by atoms with E-state index in [4.69, 9.17) is 5.10 Å². The molecule has 0 aliphatic rings. The summed E-state index contributed by atoms with van der Waals surface area (Å²) in [6, 6.07) is 20.8. The number of para-hydroxylation sites is 1. The van der Waals surface area contributed by atoms with Crippen LogP contribution < -0.4 is 10.6 Å². The number of anilines is 1. The van der Waals surface area contributed by atoms with Crippen molar-refractivity contribution in [3.63, 3.8) is 0 Å². The molecule has 0 spiro atoms. The largest absolute Gasteiger partial charge is 0.347 e. The number of amides is 2. The van der Waals surface area contributed by atoms with E-state index in [-0.39, 0.29) is 11.8 Å². The van der Waals surface area contributed by atoms with Crippen LogP contribution in [0.2, 0.25) is 0 Å². The number of hydrogen-bond donors (Lipinski definition) is 2.